The molecule has 0 N–H and O–H groups in total. The Labute approximate surface area is 203 Å². The van der Waals surface area contributed by atoms with Crippen LogP contribution in [0.5, 0.6) is 0 Å². The molecule has 0 spiro atoms. The Morgan fingerprint density at radius 3 is 1.97 bits per heavy atom. The third kappa shape index (κ3) is 5.50. The van der Waals surface area contributed by atoms with E-state index in [0.29, 0.717) is 6.54 Å². The van der Waals surface area contributed by atoms with Crippen molar-refractivity contribution in [2.45, 2.75) is 51.2 Å². The van der Waals surface area contributed by atoms with Gasteiger partial charge in [0.25, 0.3) is 5.91 Å². The third-order valence-electron chi connectivity index (χ3n) is 7.54. The number of carbonyl (C=O) groups is 2. The second kappa shape index (κ2) is 10.7. The van der Waals surface area contributed by atoms with E-state index in [2.05, 4.69) is 58.3 Å². The van der Waals surface area contributed by atoms with Gasteiger partial charge in [-0.2, -0.15) is 0 Å². The number of urea groups is 1. The molecule has 0 aromatic heterocycles. The Morgan fingerprint density at radius 1 is 0.706 bits per heavy atom. The first-order valence-corrected chi connectivity index (χ1v) is 12.8. The molecule has 0 unspecified atom stereocenters. The maximum atomic E-state index is 13.1. The molecule has 34 heavy (non-hydrogen) atoms. The molecule has 3 amide bonds. The molecule has 3 heterocycles. The summed E-state index contributed by atoms with van der Waals surface area (Å²) in [6.45, 7) is 7.01. The summed E-state index contributed by atoms with van der Waals surface area (Å²) in [5.41, 5.74) is 3.88. The van der Waals surface area contributed by atoms with Crippen molar-refractivity contribution in [2.24, 2.45) is 0 Å². The molecule has 180 valence electrons. The van der Waals surface area contributed by atoms with Crippen LogP contribution in [0.2, 0.25) is 0 Å². The summed E-state index contributed by atoms with van der Waals surface area (Å²) in [5, 5.41) is 0. The smallest absolute Gasteiger partial charge is 0.315 e. The topological polar surface area (TPSA) is 47.1 Å². The van der Waals surface area contributed by atoms with E-state index in [1.807, 2.05) is 6.07 Å². The van der Waals surface area contributed by atoms with Gasteiger partial charge < -0.3 is 4.90 Å². The third-order valence-corrected chi connectivity index (χ3v) is 7.54. The first kappa shape index (κ1) is 23.1. The molecule has 3 saturated heterocycles. The van der Waals surface area contributed by atoms with Gasteiger partial charge >= 0.3 is 6.03 Å². The highest BCUT2D eigenvalue weighted by atomic mass is 16.2. The predicted molar refractivity (Wildman–Crippen MR) is 133 cm³/mol. The largest absolute Gasteiger partial charge is 0.327 e. The minimum absolute atomic E-state index is 0.0295. The molecular weight excluding hydrogens is 424 g/mol. The Balaban J connectivity index is 1.09. The molecule has 2 aromatic rings. The van der Waals surface area contributed by atoms with Crippen LogP contribution in [0.1, 0.15) is 42.4 Å². The number of rotatable bonds is 8. The molecule has 3 aliphatic heterocycles. The number of nitrogens with zero attached hydrogens (tertiary/aromatic N) is 4. The number of benzene rings is 2. The second-order valence-corrected chi connectivity index (χ2v) is 10.0. The van der Waals surface area contributed by atoms with Crippen LogP contribution in [0.15, 0.2) is 54.6 Å². The predicted octanol–water partition coefficient (Wildman–Crippen LogP) is 3.75. The molecule has 0 saturated carbocycles. The van der Waals surface area contributed by atoms with E-state index in [1.54, 1.807) is 9.80 Å². The lowest BCUT2D eigenvalue weighted by Crippen LogP contribution is -2.47. The van der Waals surface area contributed by atoms with Crippen molar-refractivity contribution in [3.8, 4) is 0 Å². The van der Waals surface area contributed by atoms with Crippen LogP contribution >= 0.6 is 0 Å². The van der Waals surface area contributed by atoms with Crippen LogP contribution in [0, 0.1) is 0 Å². The molecule has 2 aromatic carbocycles. The van der Waals surface area contributed by atoms with Gasteiger partial charge in [-0.15, -0.1) is 0 Å². The van der Waals surface area contributed by atoms with Crippen LogP contribution in [0.3, 0.4) is 0 Å². The zero-order valence-corrected chi connectivity index (χ0v) is 20.1. The summed E-state index contributed by atoms with van der Waals surface area (Å²) < 4.78 is 0. The van der Waals surface area contributed by atoms with Gasteiger partial charge in [-0.25, -0.2) is 4.79 Å². The SMILES string of the molecule is O=C1CN(CCc2ccc(CN3CCCC3)cc2)C(=O)N1C1CCN(Cc2ccccc2)CC1. The van der Waals surface area contributed by atoms with Crippen molar-refractivity contribution in [1.29, 1.82) is 0 Å². The number of carbonyl (C=O) groups excluding carboxylic acids is 2. The highest BCUT2D eigenvalue weighted by molar-refractivity contribution is 6.02. The fourth-order valence-electron chi connectivity index (χ4n) is 5.55. The number of imide groups is 1. The van der Waals surface area contributed by atoms with Crippen LogP contribution < -0.4 is 0 Å². The molecule has 3 fully saturated rings. The van der Waals surface area contributed by atoms with Gasteiger partial charge in [0.2, 0.25) is 0 Å². The Bertz CT molecular complexity index is 964. The molecule has 3 aliphatic rings. The zero-order valence-electron chi connectivity index (χ0n) is 20.1. The van der Waals surface area contributed by atoms with E-state index in [0.717, 1.165) is 45.4 Å². The fourth-order valence-corrected chi connectivity index (χ4v) is 5.55. The lowest BCUT2D eigenvalue weighted by Gasteiger charge is -2.35. The molecule has 5 rings (SSSR count). The van der Waals surface area contributed by atoms with E-state index in [-0.39, 0.29) is 24.5 Å². The quantitative estimate of drug-likeness (QED) is 0.563. The van der Waals surface area contributed by atoms with Gasteiger partial charge in [0, 0.05) is 38.8 Å². The lowest BCUT2D eigenvalue weighted by molar-refractivity contribution is -0.127. The highest BCUT2D eigenvalue weighted by Crippen LogP contribution is 2.24. The minimum Gasteiger partial charge on any atom is -0.315 e. The van der Waals surface area contributed by atoms with Gasteiger partial charge in [-0.1, -0.05) is 54.6 Å². The number of hydrogen-bond acceptors (Lipinski definition) is 4. The van der Waals surface area contributed by atoms with Crippen molar-refractivity contribution in [1.82, 2.24) is 19.6 Å². The van der Waals surface area contributed by atoms with Crippen LogP contribution in [0.4, 0.5) is 4.79 Å². The molecule has 0 radical (unpaired) electrons. The zero-order chi connectivity index (χ0) is 23.3. The summed E-state index contributed by atoms with van der Waals surface area (Å²) in [5.74, 6) is -0.0347. The Kier molecular flexibility index (Phi) is 7.26. The summed E-state index contributed by atoms with van der Waals surface area (Å²) in [6.07, 6.45) is 5.12. The second-order valence-electron chi connectivity index (χ2n) is 10.0. The summed E-state index contributed by atoms with van der Waals surface area (Å²) in [6, 6.07) is 19.2. The van der Waals surface area contributed by atoms with Gasteiger partial charge in [0.15, 0.2) is 0 Å². The highest BCUT2D eigenvalue weighted by Gasteiger charge is 2.41. The van der Waals surface area contributed by atoms with Crippen molar-refractivity contribution in [2.75, 3.05) is 39.3 Å². The molecule has 0 aliphatic carbocycles. The van der Waals surface area contributed by atoms with Crippen molar-refractivity contribution >= 4 is 11.9 Å². The van der Waals surface area contributed by atoms with E-state index in [4.69, 9.17) is 0 Å². The number of amides is 3. The summed E-state index contributed by atoms with van der Waals surface area (Å²) in [7, 11) is 0. The minimum atomic E-state index is -0.0998. The van der Waals surface area contributed by atoms with Crippen molar-refractivity contribution in [3.05, 3.63) is 71.3 Å². The van der Waals surface area contributed by atoms with Gasteiger partial charge in [-0.05, 0) is 61.9 Å². The molecule has 0 bridgehead atoms. The molecule has 0 atom stereocenters. The molecule has 6 heteroatoms. The van der Waals surface area contributed by atoms with Gasteiger partial charge in [0.1, 0.15) is 6.54 Å². The number of hydrogen-bond donors (Lipinski definition) is 0. The average Bonchev–Trinajstić information content (AvgIpc) is 3.47. The molecule has 6 nitrogen and oxygen atoms in total. The first-order chi connectivity index (χ1) is 16.7. The van der Waals surface area contributed by atoms with Gasteiger partial charge in [0.05, 0.1) is 0 Å². The number of piperidine rings is 1. The standard InChI is InChI=1S/C28H36N4O2/c33-27-22-31(19-12-23-8-10-25(11-9-23)21-29-15-4-5-16-29)28(34)32(27)26-13-17-30(18-14-26)20-24-6-2-1-3-7-24/h1-3,6-11,26H,4-5,12-22H2. The van der Waals surface area contributed by atoms with E-state index in [1.165, 1.54) is 42.6 Å². The van der Waals surface area contributed by atoms with E-state index < -0.39 is 0 Å². The molecular formula is C28H36N4O2. The van der Waals surface area contributed by atoms with Crippen molar-refractivity contribution in [3.63, 3.8) is 0 Å². The van der Waals surface area contributed by atoms with Gasteiger partial charge in [-0.3, -0.25) is 19.5 Å². The van der Waals surface area contributed by atoms with Crippen LogP contribution in [-0.4, -0.2) is 76.8 Å². The maximum Gasteiger partial charge on any atom is 0.327 e. The maximum absolute atomic E-state index is 13.1. The van der Waals surface area contributed by atoms with Crippen LogP contribution in [0.25, 0.3) is 0 Å². The monoisotopic (exact) mass is 460 g/mol. The fraction of sp³-hybridized carbons (Fsp3) is 0.500. The summed E-state index contributed by atoms with van der Waals surface area (Å²) >= 11 is 0. The van der Waals surface area contributed by atoms with Crippen LogP contribution in [-0.2, 0) is 24.3 Å². The number of likely N-dealkylation sites (tertiary alicyclic amines) is 2. The lowest BCUT2D eigenvalue weighted by atomic mass is 10.0. The van der Waals surface area contributed by atoms with E-state index >= 15 is 0 Å². The first-order valence-electron chi connectivity index (χ1n) is 12.8. The Hall–Kier alpha value is -2.70. The average molecular weight is 461 g/mol. The summed E-state index contributed by atoms with van der Waals surface area (Å²) in [4.78, 5) is 34.0. The van der Waals surface area contributed by atoms with E-state index in [9.17, 15) is 9.59 Å². The normalized spacial score (nSPS) is 20.6. The Morgan fingerprint density at radius 2 is 1.29 bits per heavy atom. The van der Waals surface area contributed by atoms with Crippen molar-refractivity contribution < 1.29 is 9.59 Å².